The van der Waals surface area contributed by atoms with E-state index in [1.54, 1.807) is 12.1 Å². The Morgan fingerprint density at radius 3 is 2.73 bits per heavy atom. The monoisotopic (exact) mass is 416 g/mol. The van der Waals surface area contributed by atoms with Crippen LogP contribution in [0.25, 0.3) is 0 Å². The molecule has 6 heteroatoms. The minimum Gasteiger partial charge on any atom is -0.377 e. The van der Waals surface area contributed by atoms with Gasteiger partial charge in [-0.25, -0.2) is 4.39 Å². The van der Waals surface area contributed by atoms with E-state index in [1.165, 1.54) is 0 Å². The Kier molecular flexibility index (Phi) is 6.63. The van der Waals surface area contributed by atoms with E-state index < -0.39 is 0 Å². The van der Waals surface area contributed by atoms with Crippen LogP contribution in [0.2, 0.25) is 0 Å². The molecule has 0 radical (unpaired) electrons. The molecule has 1 aliphatic carbocycles. The highest BCUT2D eigenvalue weighted by Gasteiger charge is 2.59. The number of fused-ring (bicyclic) bond motifs is 1. The first kappa shape index (κ1) is 21.6. The maximum Gasteiger partial charge on any atom is 0.191 e. The average Bonchev–Trinajstić information content (AvgIpc) is 3.20. The molecule has 5 nitrogen and oxygen atoms in total. The predicted molar refractivity (Wildman–Crippen MR) is 119 cm³/mol. The quantitative estimate of drug-likeness (QED) is 0.551. The Morgan fingerprint density at radius 1 is 1.23 bits per heavy atom. The molecule has 3 unspecified atom stereocenters. The van der Waals surface area contributed by atoms with Gasteiger partial charge in [0.25, 0.3) is 0 Å². The number of likely N-dealkylation sites (tertiary alicyclic amines) is 1. The van der Waals surface area contributed by atoms with Gasteiger partial charge in [0.2, 0.25) is 0 Å². The maximum absolute atomic E-state index is 13.9. The lowest BCUT2D eigenvalue weighted by molar-refractivity contribution is -0.106. The van der Waals surface area contributed by atoms with Crippen LogP contribution in [-0.4, -0.2) is 55.8 Å². The van der Waals surface area contributed by atoms with Gasteiger partial charge < -0.3 is 15.4 Å². The van der Waals surface area contributed by atoms with Crippen molar-refractivity contribution in [3.05, 3.63) is 35.6 Å². The fourth-order valence-electron chi connectivity index (χ4n) is 5.50. The van der Waals surface area contributed by atoms with Crippen molar-refractivity contribution in [3.63, 3.8) is 0 Å². The second-order valence-electron chi connectivity index (χ2n) is 9.72. The van der Waals surface area contributed by atoms with Gasteiger partial charge in [-0.05, 0) is 51.3 Å². The lowest BCUT2D eigenvalue weighted by Crippen LogP contribution is -2.68. The zero-order chi connectivity index (χ0) is 21.1. The average molecular weight is 417 g/mol. The third kappa shape index (κ3) is 4.50. The Labute approximate surface area is 180 Å². The van der Waals surface area contributed by atoms with Crippen molar-refractivity contribution in [2.75, 3.05) is 32.8 Å². The van der Waals surface area contributed by atoms with Gasteiger partial charge in [-0.3, -0.25) is 9.89 Å². The summed E-state index contributed by atoms with van der Waals surface area (Å²) in [5.41, 5.74) is 0.944. The minimum atomic E-state index is -0.0978. The van der Waals surface area contributed by atoms with Gasteiger partial charge in [-0.2, -0.15) is 0 Å². The van der Waals surface area contributed by atoms with E-state index in [4.69, 9.17) is 9.73 Å². The number of hydrogen-bond acceptors (Lipinski definition) is 3. The number of piperidine rings is 1. The number of aliphatic imine (C=N–C) groups is 1. The summed E-state index contributed by atoms with van der Waals surface area (Å²) in [6.45, 7) is 12.0. The molecule has 2 aliphatic heterocycles. The first-order valence-corrected chi connectivity index (χ1v) is 11.6. The van der Waals surface area contributed by atoms with Crippen LogP contribution in [0.15, 0.2) is 29.3 Å². The number of ether oxygens (including phenoxy) is 1. The van der Waals surface area contributed by atoms with Crippen molar-refractivity contribution in [1.29, 1.82) is 0 Å². The standard InChI is InChI=1S/C24H37FN4O/c1-4-26-23(28-21-19-11-14-30-22(19)24(21,2)3)27-15-17-9-12-29(13-10-17)16-18-7-5-6-8-20(18)25/h5-8,17,19,21-22H,4,9-16H2,1-3H3,(H2,26,27,28). The molecule has 3 aliphatic rings. The molecular weight excluding hydrogens is 379 g/mol. The van der Waals surface area contributed by atoms with Crippen molar-refractivity contribution < 1.29 is 9.13 Å². The highest BCUT2D eigenvalue weighted by Crippen LogP contribution is 2.52. The maximum atomic E-state index is 13.9. The molecule has 3 atom stereocenters. The summed E-state index contributed by atoms with van der Waals surface area (Å²) in [7, 11) is 0. The van der Waals surface area contributed by atoms with E-state index in [0.29, 0.717) is 30.5 Å². The molecule has 2 saturated heterocycles. The minimum absolute atomic E-state index is 0.0978. The molecule has 1 saturated carbocycles. The van der Waals surface area contributed by atoms with Gasteiger partial charge in [0.1, 0.15) is 5.82 Å². The number of hydrogen-bond donors (Lipinski definition) is 2. The van der Waals surface area contributed by atoms with Crippen molar-refractivity contribution in [2.24, 2.45) is 22.2 Å². The third-order valence-corrected chi connectivity index (χ3v) is 7.30. The SMILES string of the molecule is CCNC(=NCC1CCN(Cc2ccccc2F)CC1)NC1C2CCOC2C1(C)C. The lowest BCUT2D eigenvalue weighted by atomic mass is 9.57. The third-order valence-electron chi connectivity index (χ3n) is 7.30. The molecule has 2 N–H and O–H groups in total. The van der Waals surface area contributed by atoms with Gasteiger partial charge in [0.15, 0.2) is 5.96 Å². The van der Waals surface area contributed by atoms with Crippen LogP contribution >= 0.6 is 0 Å². The van der Waals surface area contributed by atoms with Gasteiger partial charge in [-0.1, -0.05) is 32.0 Å². The number of nitrogens with zero attached hydrogens (tertiary/aromatic N) is 2. The molecule has 0 aromatic heterocycles. The van der Waals surface area contributed by atoms with Crippen molar-refractivity contribution in [2.45, 2.75) is 58.7 Å². The van der Waals surface area contributed by atoms with E-state index in [9.17, 15) is 4.39 Å². The van der Waals surface area contributed by atoms with E-state index >= 15 is 0 Å². The first-order valence-electron chi connectivity index (χ1n) is 11.6. The Hall–Kier alpha value is -1.66. The molecule has 0 spiro atoms. The number of benzene rings is 1. The lowest BCUT2D eigenvalue weighted by Gasteiger charge is -2.55. The Balaban J connectivity index is 1.27. The summed E-state index contributed by atoms with van der Waals surface area (Å²) in [5, 5.41) is 7.14. The second kappa shape index (κ2) is 9.23. The van der Waals surface area contributed by atoms with Gasteiger partial charge in [0.05, 0.1) is 6.10 Å². The normalized spacial score (nSPS) is 29.3. The molecule has 1 aromatic rings. The number of nitrogens with one attached hydrogen (secondary N) is 2. The van der Waals surface area contributed by atoms with Gasteiger partial charge in [-0.15, -0.1) is 0 Å². The topological polar surface area (TPSA) is 48.9 Å². The van der Waals surface area contributed by atoms with Crippen LogP contribution in [0.4, 0.5) is 4.39 Å². The molecule has 0 bridgehead atoms. The zero-order valence-electron chi connectivity index (χ0n) is 18.7. The van der Waals surface area contributed by atoms with E-state index in [0.717, 1.165) is 63.6 Å². The summed E-state index contributed by atoms with van der Waals surface area (Å²) in [6, 6.07) is 7.53. The summed E-state index contributed by atoms with van der Waals surface area (Å²) >= 11 is 0. The molecule has 166 valence electrons. The van der Waals surface area contributed by atoms with Crippen LogP contribution in [-0.2, 0) is 11.3 Å². The summed E-state index contributed by atoms with van der Waals surface area (Å²) in [4.78, 5) is 7.30. The highest BCUT2D eigenvalue weighted by atomic mass is 19.1. The zero-order valence-corrected chi connectivity index (χ0v) is 18.7. The van der Waals surface area contributed by atoms with Crippen molar-refractivity contribution in [3.8, 4) is 0 Å². The van der Waals surface area contributed by atoms with E-state index in [-0.39, 0.29) is 11.2 Å². The van der Waals surface area contributed by atoms with Crippen LogP contribution in [0.3, 0.4) is 0 Å². The molecular formula is C24H37FN4O. The van der Waals surface area contributed by atoms with Crippen LogP contribution in [0.5, 0.6) is 0 Å². The largest absolute Gasteiger partial charge is 0.377 e. The molecule has 3 fully saturated rings. The molecule has 0 amide bonds. The Bertz CT molecular complexity index is 744. The molecule has 2 heterocycles. The molecule has 1 aromatic carbocycles. The van der Waals surface area contributed by atoms with Crippen LogP contribution in [0, 0.1) is 23.1 Å². The number of halogens is 1. The van der Waals surface area contributed by atoms with Crippen molar-refractivity contribution >= 4 is 5.96 Å². The predicted octanol–water partition coefficient (Wildman–Crippen LogP) is 3.41. The van der Waals surface area contributed by atoms with Gasteiger partial charge in [0, 0.05) is 49.2 Å². The second-order valence-corrected chi connectivity index (χ2v) is 9.72. The fourth-order valence-corrected chi connectivity index (χ4v) is 5.50. The molecule has 30 heavy (non-hydrogen) atoms. The van der Waals surface area contributed by atoms with Crippen LogP contribution < -0.4 is 10.6 Å². The van der Waals surface area contributed by atoms with E-state index in [1.807, 2.05) is 12.1 Å². The first-order chi connectivity index (χ1) is 14.5. The number of rotatable bonds is 6. The number of guanidine groups is 1. The summed E-state index contributed by atoms with van der Waals surface area (Å²) in [6.07, 6.45) is 3.76. The molecule has 4 rings (SSSR count). The smallest absolute Gasteiger partial charge is 0.191 e. The van der Waals surface area contributed by atoms with Gasteiger partial charge >= 0.3 is 0 Å². The summed E-state index contributed by atoms with van der Waals surface area (Å²) in [5.74, 6) is 2.04. The Morgan fingerprint density at radius 2 is 2.00 bits per heavy atom. The highest BCUT2D eigenvalue weighted by molar-refractivity contribution is 5.80. The fraction of sp³-hybridized carbons (Fsp3) is 0.708. The van der Waals surface area contributed by atoms with Crippen molar-refractivity contribution in [1.82, 2.24) is 15.5 Å². The van der Waals surface area contributed by atoms with E-state index in [2.05, 4.69) is 36.3 Å². The van der Waals surface area contributed by atoms with Crippen LogP contribution in [0.1, 0.15) is 45.6 Å². The summed E-state index contributed by atoms with van der Waals surface area (Å²) < 4.78 is 19.8.